The Morgan fingerprint density at radius 1 is 1.10 bits per heavy atom. The van der Waals surface area contributed by atoms with Crippen molar-refractivity contribution in [2.45, 2.75) is 12.6 Å². The number of imidazole rings is 1. The molecule has 6 rings (SSSR count). The fourth-order valence-electron chi connectivity index (χ4n) is 4.83. The van der Waals surface area contributed by atoms with Crippen LogP contribution < -0.4 is 15.4 Å². The SMILES string of the molecule is Nc1nc2c(ncn2CCN2CCN(c3cc(OC[C@H](O)CO)c(F)cc3F)CC2)c2cc(-c3ccco3)nn12. The molecule has 1 aliphatic rings. The number of nitrogen functional groups attached to an aromatic ring is 1. The zero-order valence-corrected chi connectivity index (χ0v) is 21.5. The molecule has 1 aromatic carbocycles. The molecule has 5 heterocycles. The lowest BCUT2D eigenvalue weighted by atomic mass is 10.2. The Kier molecular flexibility index (Phi) is 6.96. The molecule has 5 aromatic rings. The first-order valence-corrected chi connectivity index (χ1v) is 12.8. The van der Waals surface area contributed by atoms with E-state index < -0.39 is 24.3 Å². The number of piperazine rings is 1. The second-order valence-electron chi connectivity index (χ2n) is 9.59. The zero-order chi connectivity index (χ0) is 27.8. The molecule has 40 heavy (non-hydrogen) atoms. The number of aromatic nitrogens is 5. The second-order valence-corrected chi connectivity index (χ2v) is 9.59. The van der Waals surface area contributed by atoms with E-state index >= 15 is 0 Å². The van der Waals surface area contributed by atoms with Crippen LogP contribution in [0, 0.1) is 11.6 Å². The van der Waals surface area contributed by atoms with Gasteiger partial charge in [0.2, 0.25) is 5.95 Å². The molecular weight excluding hydrogens is 526 g/mol. The van der Waals surface area contributed by atoms with Crippen molar-refractivity contribution in [3.05, 3.63) is 54.6 Å². The maximum atomic E-state index is 14.6. The highest BCUT2D eigenvalue weighted by Crippen LogP contribution is 2.30. The lowest BCUT2D eigenvalue weighted by molar-refractivity contribution is 0.0523. The Bertz CT molecular complexity index is 1630. The Balaban J connectivity index is 1.11. The van der Waals surface area contributed by atoms with E-state index in [-0.39, 0.29) is 24.0 Å². The van der Waals surface area contributed by atoms with E-state index in [2.05, 4.69) is 20.0 Å². The predicted octanol–water partition coefficient (Wildman–Crippen LogP) is 1.75. The topological polar surface area (TPSA) is 143 Å². The molecule has 1 atom stereocenters. The summed E-state index contributed by atoms with van der Waals surface area (Å²) in [5.74, 6) is -0.854. The van der Waals surface area contributed by atoms with Crippen molar-refractivity contribution >= 4 is 28.3 Å². The van der Waals surface area contributed by atoms with Gasteiger partial charge in [-0.05, 0) is 18.2 Å². The molecular formula is C26H28F2N8O4. The van der Waals surface area contributed by atoms with Crippen LogP contribution >= 0.6 is 0 Å². The monoisotopic (exact) mass is 554 g/mol. The highest BCUT2D eigenvalue weighted by Gasteiger charge is 2.23. The average molecular weight is 555 g/mol. The Morgan fingerprint density at radius 3 is 2.67 bits per heavy atom. The Hall–Kier alpha value is -4.27. The third-order valence-corrected chi connectivity index (χ3v) is 6.99. The average Bonchev–Trinajstić information content (AvgIpc) is 3.72. The number of anilines is 2. The van der Waals surface area contributed by atoms with Crippen molar-refractivity contribution in [3.8, 4) is 17.2 Å². The fraction of sp³-hybridized carbons (Fsp3) is 0.346. The zero-order valence-electron chi connectivity index (χ0n) is 21.5. The molecule has 12 nitrogen and oxygen atoms in total. The fourth-order valence-corrected chi connectivity index (χ4v) is 4.83. The number of fused-ring (bicyclic) bond motifs is 3. The normalized spacial score (nSPS) is 15.3. The highest BCUT2D eigenvalue weighted by molar-refractivity contribution is 5.90. The van der Waals surface area contributed by atoms with Crippen LogP contribution in [-0.4, -0.2) is 91.3 Å². The largest absolute Gasteiger partial charge is 0.488 e. The number of hydrogen-bond donors (Lipinski definition) is 3. The highest BCUT2D eigenvalue weighted by atomic mass is 19.1. The van der Waals surface area contributed by atoms with Gasteiger partial charge in [-0.2, -0.15) is 14.6 Å². The Morgan fingerprint density at radius 2 is 1.93 bits per heavy atom. The molecule has 4 N–H and O–H groups in total. The number of halogens is 2. The number of nitrogens with zero attached hydrogens (tertiary/aromatic N) is 7. The van der Waals surface area contributed by atoms with Gasteiger partial charge in [-0.25, -0.2) is 13.8 Å². The molecule has 210 valence electrons. The van der Waals surface area contributed by atoms with Crippen LogP contribution in [0.2, 0.25) is 0 Å². The number of furan rings is 1. The van der Waals surface area contributed by atoms with Crippen LogP contribution in [-0.2, 0) is 6.54 Å². The Labute approximate surface area is 226 Å². The maximum absolute atomic E-state index is 14.6. The number of benzene rings is 1. The van der Waals surface area contributed by atoms with Gasteiger partial charge in [-0.15, -0.1) is 0 Å². The number of nitrogens with two attached hydrogens (primary N) is 1. The number of ether oxygens (including phenoxy) is 1. The molecule has 1 saturated heterocycles. The maximum Gasteiger partial charge on any atom is 0.223 e. The number of hydrogen-bond acceptors (Lipinski definition) is 10. The molecule has 0 bridgehead atoms. The summed E-state index contributed by atoms with van der Waals surface area (Å²) in [7, 11) is 0. The van der Waals surface area contributed by atoms with E-state index in [1.165, 1.54) is 6.07 Å². The van der Waals surface area contributed by atoms with Crippen LogP contribution in [0.25, 0.3) is 28.1 Å². The number of rotatable bonds is 9. The van der Waals surface area contributed by atoms with E-state index in [1.54, 1.807) is 23.2 Å². The molecule has 0 amide bonds. The third-order valence-electron chi connectivity index (χ3n) is 6.99. The van der Waals surface area contributed by atoms with E-state index in [9.17, 15) is 13.9 Å². The summed E-state index contributed by atoms with van der Waals surface area (Å²) >= 11 is 0. The summed E-state index contributed by atoms with van der Waals surface area (Å²) in [6, 6.07) is 7.56. The smallest absolute Gasteiger partial charge is 0.223 e. The van der Waals surface area contributed by atoms with Crippen molar-refractivity contribution in [1.82, 2.24) is 29.0 Å². The van der Waals surface area contributed by atoms with Crippen molar-refractivity contribution in [2.24, 2.45) is 0 Å². The molecule has 1 aliphatic heterocycles. The number of aliphatic hydroxyl groups is 2. The molecule has 0 radical (unpaired) electrons. The molecule has 14 heteroatoms. The molecule has 0 unspecified atom stereocenters. The molecule has 1 fully saturated rings. The van der Waals surface area contributed by atoms with Gasteiger partial charge in [0, 0.05) is 51.4 Å². The second kappa shape index (κ2) is 10.7. The van der Waals surface area contributed by atoms with Gasteiger partial charge in [-0.1, -0.05) is 0 Å². The lowest BCUT2D eigenvalue weighted by Gasteiger charge is -2.36. The minimum absolute atomic E-state index is 0.173. The van der Waals surface area contributed by atoms with E-state index in [1.807, 2.05) is 21.6 Å². The van der Waals surface area contributed by atoms with Crippen LogP contribution in [0.3, 0.4) is 0 Å². The van der Waals surface area contributed by atoms with Crippen molar-refractivity contribution in [1.29, 1.82) is 0 Å². The predicted molar refractivity (Wildman–Crippen MR) is 142 cm³/mol. The summed E-state index contributed by atoms with van der Waals surface area (Å²) in [6.07, 6.45) is 2.16. The standard InChI is InChI=1S/C26H28F2N8O4/c27-17-10-18(28)23(40-14-16(38)13-37)12-20(17)34-6-3-33(4-7-34)5-8-35-15-30-24-21-11-19(22-2-1-9-39-22)32-36(21)26(29)31-25(24)35/h1-2,9-12,15-16,37-38H,3-8,13-14H2,(H2,29,31)/t16-/m1/s1. The summed E-state index contributed by atoms with van der Waals surface area (Å²) in [6.45, 7) is 2.91. The van der Waals surface area contributed by atoms with Crippen molar-refractivity contribution < 1.29 is 28.1 Å². The molecule has 0 aliphatic carbocycles. The van der Waals surface area contributed by atoms with Gasteiger partial charge in [-0.3, -0.25) is 4.90 Å². The van der Waals surface area contributed by atoms with Gasteiger partial charge in [0.05, 0.1) is 24.9 Å². The van der Waals surface area contributed by atoms with Crippen LogP contribution in [0.5, 0.6) is 5.75 Å². The summed E-state index contributed by atoms with van der Waals surface area (Å²) < 4.78 is 43.0. The summed E-state index contributed by atoms with van der Waals surface area (Å²) in [5.41, 5.74) is 9.15. The lowest BCUT2D eigenvalue weighted by Crippen LogP contribution is -2.47. The van der Waals surface area contributed by atoms with Crippen LogP contribution in [0.4, 0.5) is 20.4 Å². The van der Waals surface area contributed by atoms with Gasteiger partial charge in [0.1, 0.15) is 35.3 Å². The van der Waals surface area contributed by atoms with Crippen molar-refractivity contribution in [3.63, 3.8) is 0 Å². The van der Waals surface area contributed by atoms with E-state index in [0.29, 0.717) is 61.9 Å². The first-order valence-electron chi connectivity index (χ1n) is 12.8. The summed E-state index contributed by atoms with van der Waals surface area (Å²) in [4.78, 5) is 13.2. The van der Waals surface area contributed by atoms with Crippen LogP contribution in [0.15, 0.2) is 47.3 Å². The van der Waals surface area contributed by atoms with Gasteiger partial charge in [0.15, 0.2) is 23.0 Å². The van der Waals surface area contributed by atoms with E-state index in [0.717, 1.165) is 11.6 Å². The van der Waals surface area contributed by atoms with Gasteiger partial charge >= 0.3 is 0 Å². The first kappa shape index (κ1) is 26.0. The van der Waals surface area contributed by atoms with Gasteiger partial charge < -0.3 is 34.6 Å². The molecule has 0 saturated carbocycles. The van der Waals surface area contributed by atoms with Gasteiger partial charge in [0.25, 0.3) is 0 Å². The number of aliphatic hydroxyl groups excluding tert-OH is 2. The first-order chi connectivity index (χ1) is 19.4. The quantitative estimate of drug-likeness (QED) is 0.247. The van der Waals surface area contributed by atoms with Crippen molar-refractivity contribution in [2.75, 3.05) is 56.6 Å². The summed E-state index contributed by atoms with van der Waals surface area (Å²) in [5, 5.41) is 22.9. The minimum Gasteiger partial charge on any atom is -0.488 e. The minimum atomic E-state index is -1.15. The molecule has 0 spiro atoms. The third kappa shape index (κ3) is 4.92. The van der Waals surface area contributed by atoms with Crippen LogP contribution in [0.1, 0.15) is 0 Å². The van der Waals surface area contributed by atoms with E-state index in [4.69, 9.17) is 20.0 Å². The molecule has 4 aromatic heterocycles.